The van der Waals surface area contributed by atoms with Crippen molar-refractivity contribution in [2.24, 2.45) is 0 Å². The molecule has 1 unspecified atom stereocenters. The first-order valence-corrected chi connectivity index (χ1v) is 13.5. The molecule has 12 heteroatoms. The molecule has 1 heterocycles. The summed E-state index contributed by atoms with van der Waals surface area (Å²) >= 11 is 1.35. The summed E-state index contributed by atoms with van der Waals surface area (Å²) in [5.74, 6) is -0.849. The fourth-order valence-electron chi connectivity index (χ4n) is 3.72. The first-order valence-electron chi connectivity index (χ1n) is 10.7. The molecule has 1 fully saturated rings. The molecule has 0 radical (unpaired) electrons. The van der Waals surface area contributed by atoms with Gasteiger partial charge in [0.05, 0.1) is 17.6 Å². The fourth-order valence-corrected chi connectivity index (χ4v) is 5.50. The normalized spacial score (nSPS) is 16.7. The lowest BCUT2D eigenvalue weighted by atomic mass is 10.0. The van der Waals surface area contributed by atoms with E-state index in [0.29, 0.717) is 17.8 Å². The van der Waals surface area contributed by atoms with Gasteiger partial charge in [-0.1, -0.05) is 32.3 Å². The van der Waals surface area contributed by atoms with Gasteiger partial charge in [0.1, 0.15) is 5.82 Å². The number of benzene rings is 1. The monoisotopic (exact) mass is 508 g/mol. The molecule has 1 aliphatic carbocycles. The zero-order valence-corrected chi connectivity index (χ0v) is 20.1. The predicted molar refractivity (Wildman–Crippen MR) is 122 cm³/mol. The Morgan fingerprint density at radius 2 is 1.91 bits per heavy atom. The van der Waals surface area contributed by atoms with Crippen LogP contribution in [0.3, 0.4) is 0 Å². The van der Waals surface area contributed by atoms with Gasteiger partial charge in [-0.3, -0.25) is 4.72 Å². The maximum absolute atomic E-state index is 14.2. The number of anilines is 1. The van der Waals surface area contributed by atoms with Crippen LogP contribution in [0.15, 0.2) is 24.3 Å². The van der Waals surface area contributed by atoms with E-state index in [-0.39, 0.29) is 23.4 Å². The lowest BCUT2D eigenvalue weighted by Crippen LogP contribution is -2.22. The summed E-state index contributed by atoms with van der Waals surface area (Å²) in [7, 11) is -3.59. The van der Waals surface area contributed by atoms with E-state index in [9.17, 15) is 26.0 Å². The molecule has 1 saturated carbocycles. The van der Waals surface area contributed by atoms with Gasteiger partial charge >= 0.3 is 6.18 Å². The average Bonchev–Trinajstić information content (AvgIpc) is 3.12. The van der Waals surface area contributed by atoms with E-state index >= 15 is 0 Å². The number of rotatable bonds is 9. The predicted octanol–water partition coefficient (Wildman–Crippen LogP) is 5.13. The van der Waals surface area contributed by atoms with Crippen molar-refractivity contribution in [3.05, 3.63) is 47.0 Å². The van der Waals surface area contributed by atoms with Gasteiger partial charge in [-0.25, -0.2) is 16.9 Å². The Bertz CT molecular complexity index is 1050. The second-order valence-electron chi connectivity index (χ2n) is 8.40. The van der Waals surface area contributed by atoms with Gasteiger partial charge in [0.15, 0.2) is 5.69 Å². The fraction of sp³-hybridized carbons (Fsp3) is 0.571. The smallest absolute Gasteiger partial charge is 0.311 e. The van der Waals surface area contributed by atoms with Crippen LogP contribution in [0.1, 0.15) is 61.9 Å². The summed E-state index contributed by atoms with van der Waals surface area (Å²) in [5.41, 5.74) is 0.0283. The molecule has 0 spiro atoms. The third-order valence-electron chi connectivity index (χ3n) is 5.45. The number of halogens is 4. The first kappa shape index (κ1) is 25.8. The van der Waals surface area contributed by atoms with E-state index in [0.717, 1.165) is 44.4 Å². The molecule has 2 aromatic rings. The van der Waals surface area contributed by atoms with Crippen molar-refractivity contribution in [2.75, 3.05) is 17.5 Å². The minimum atomic E-state index is -4.51. The van der Waals surface area contributed by atoms with E-state index in [1.54, 1.807) is 6.07 Å². The van der Waals surface area contributed by atoms with Crippen molar-refractivity contribution in [2.45, 2.75) is 62.9 Å². The third kappa shape index (κ3) is 7.61. The summed E-state index contributed by atoms with van der Waals surface area (Å²) in [6.45, 7) is 2.42. The van der Waals surface area contributed by atoms with Crippen LogP contribution >= 0.6 is 11.9 Å². The second-order valence-corrected chi connectivity index (χ2v) is 11.4. The van der Waals surface area contributed by atoms with Crippen molar-refractivity contribution in [3.8, 4) is 0 Å². The average molecular weight is 509 g/mol. The van der Waals surface area contributed by atoms with Crippen molar-refractivity contribution in [3.63, 3.8) is 0 Å². The van der Waals surface area contributed by atoms with E-state index in [4.69, 9.17) is 0 Å². The van der Waals surface area contributed by atoms with Crippen LogP contribution in [0.25, 0.3) is 0 Å². The number of hydrogen-bond donors (Lipinski definition) is 2. The molecule has 1 atom stereocenters. The van der Waals surface area contributed by atoms with E-state index < -0.39 is 27.7 Å². The number of nitrogens with one attached hydrogen (secondary N) is 2. The van der Waals surface area contributed by atoms with Crippen molar-refractivity contribution >= 4 is 27.7 Å². The largest absolute Gasteiger partial charge is 0.435 e. The molecule has 33 heavy (non-hydrogen) atoms. The second kappa shape index (κ2) is 10.6. The third-order valence-corrected chi connectivity index (χ3v) is 7.33. The van der Waals surface area contributed by atoms with Crippen LogP contribution in [0, 0.1) is 5.82 Å². The summed E-state index contributed by atoms with van der Waals surface area (Å²) < 4.78 is 80.0. The van der Waals surface area contributed by atoms with Gasteiger partial charge in [-0.15, -0.1) is 0 Å². The van der Waals surface area contributed by atoms with Gasteiger partial charge in [0, 0.05) is 18.3 Å². The first-order chi connectivity index (χ1) is 15.4. The van der Waals surface area contributed by atoms with Gasteiger partial charge in [0.25, 0.3) is 0 Å². The molecule has 0 amide bonds. The van der Waals surface area contributed by atoms with Crippen LogP contribution in [0.5, 0.6) is 0 Å². The molecule has 3 rings (SSSR count). The molecule has 6 nitrogen and oxygen atoms in total. The molecule has 0 aliphatic heterocycles. The molecule has 1 aromatic heterocycles. The van der Waals surface area contributed by atoms with Gasteiger partial charge in [-0.05, 0) is 54.5 Å². The van der Waals surface area contributed by atoms with Crippen molar-refractivity contribution < 1.29 is 26.0 Å². The van der Waals surface area contributed by atoms with Crippen molar-refractivity contribution in [1.29, 1.82) is 0 Å². The molecule has 2 N–H and O–H groups in total. The molecule has 1 aliphatic rings. The molecule has 0 saturated heterocycles. The molecule has 1 aromatic carbocycles. The number of sulfonamides is 1. The van der Waals surface area contributed by atoms with E-state index in [1.807, 2.05) is 6.92 Å². The molecule has 0 bridgehead atoms. The number of hydrogen-bond acceptors (Lipinski definition) is 5. The zero-order valence-electron chi connectivity index (χ0n) is 18.5. The summed E-state index contributed by atoms with van der Waals surface area (Å²) in [5, 5.41) is 7.18. The van der Waals surface area contributed by atoms with Crippen LogP contribution < -0.4 is 10.0 Å². The SMILES string of the molecule is CC(CNCc1cc(C(F)(F)F)nn1SC1CCCCC1)c1ccc(NS(C)(=O)=O)c(F)c1. The lowest BCUT2D eigenvalue weighted by Gasteiger charge is -2.21. The zero-order chi connectivity index (χ0) is 24.2. The highest BCUT2D eigenvalue weighted by molar-refractivity contribution is 7.98. The number of aromatic nitrogens is 2. The number of nitrogens with zero attached hydrogens (tertiary/aromatic N) is 2. The highest BCUT2D eigenvalue weighted by Gasteiger charge is 2.35. The highest BCUT2D eigenvalue weighted by Crippen LogP contribution is 2.33. The Morgan fingerprint density at radius 3 is 2.52 bits per heavy atom. The Kier molecular flexibility index (Phi) is 8.33. The van der Waals surface area contributed by atoms with E-state index in [2.05, 4.69) is 15.1 Å². The Labute approximate surface area is 195 Å². The molecular weight excluding hydrogens is 480 g/mol. The standard InChI is InChI=1S/C21H28F4N4O2S2/c1-14(15-8-9-19(18(22)10-15)28-33(2,30)31)12-26-13-16-11-20(21(23,24)25)27-29(16)32-17-6-4-3-5-7-17/h8-11,14,17,26,28H,3-7,12-13H2,1-2H3. The van der Waals surface area contributed by atoms with Gasteiger partial charge in [-0.2, -0.15) is 18.3 Å². The minimum absolute atomic E-state index is 0.135. The summed E-state index contributed by atoms with van der Waals surface area (Å²) in [4.78, 5) is 0. The lowest BCUT2D eigenvalue weighted by molar-refractivity contribution is -0.141. The van der Waals surface area contributed by atoms with Crippen LogP contribution in [-0.4, -0.2) is 35.7 Å². The van der Waals surface area contributed by atoms with E-state index in [1.165, 1.54) is 28.2 Å². The highest BCUT2D eigenvalue weighted by atomic mass is 32.2. The van der Waals surface area contributed by atoms with Gasteiger partial charge in [0.2, 0.25) is 10.0 Å². The maximum Gasteiger partial charge on any atom is 0.435 e. The van der Waals surface area contributed by atoms with Crippen LogP contribution in [0.2, 0.25) is 0 Å². The van der Waals surface area contributed by atoms with Crippen LogP contribution in [-0.2, 0) is 22.7 Å². The Morgan fingerprint density at radius 1 is 1.21 bits per heavy atom. The summed E-state index contributed by atoms with van der Waals surface area (Å²) in [6.07, 6.45) is 1.66. The molecule has 184 valence electrons. The maximum atomic E-state index is 14.2. The topological polar surface area (TPSA) is 76.0 Å². The minimum Gasteiger partial charge on any atom is -0.311 e. The number of alkyl halides is 3. The Hall–Kier alpha value is -1.79. The Balaban J connectivity index is 1.64. The summed E-state index contributed by atoms with van der Waals surface area (Å²) in [6, 6.07) is 5.30. The molecular formula is C21H28F4N4O2S2. The quantitative estimate of drug-likeness (QED) is 0.459. The van der Waals surface area contributed by atoms with Crippen molar-refractivity contribution in [1.82, 2.24) is 14.5 Å². The van der Waals surface area contributed by atoms with Crippen LogP contribution in [0.4, 0.5) is 23.2 Å². The van der Waals surface area contributed by atoms with Gasteiger partial charge < -0.3 is 5.32 Å².